The Labute approximate surface area is 125 Å². The van der Waals surface area contributed by atoms with Crippen molar-refractivity contribution in [3.63, 3.8) is 0 Å². The van der Waals surface area contributed by atoms with Crippen molar-refractivity contribution in [2.45, 2.75) is 104 Å². The monoisotopic (exact) mass is 290 g/mol. The molecule has 0 aromatic heterocycles. The van der Waals surface area contributed by atoms with E-state index in [9.17, 15) is 0 Å². The number of hydrogen-bond acceptors (Lipinski definition) is 4. The quantitative estimate of drug-likeness (QED) is 0.241. The molecule has 20 heavy (non-hydrogen) atoms. The highest BCUT2D eigenvalue weighted by Gasteiger charge is 2.21. The minimum Gasteiger partial charge on any atom is -0.228 e. The van der Waals surface area contributed by atoms with Gasteiger partial charge >= 0.3 is 0 Å². The van der Waals surface area contributed by atoms with Crippen LogP contribution in [0.4, 0.5) is 0 Å². The molecular formula is C16H34O4. The Kier molecular flexibility index (Phi) is 9.64. The Balaban J connectivity index is 4.04. The average Bonchev–Trinajstić information content (AvgIpc) is 2.29. The first-order chi connectivity index (χ1) is 9.14. The summed E-state index contributed by atoms with van der Waals surface area (Å²) in [5, 5.41) is 0. The third-order valence-electron chi connectivity index (χ3n) is 2.35. The number of unbranched alkanes of at least 4 members (excludes halogenated alkanes) is 4. The van der Waals surface area contributed by atoms with Gasteiger partial charge in [-0.1, -0.05) is 32.6 Å². The fourth-order valence-corrected chi connectivity index (χ4v) is 1.42. The first kappa shape index (κ1) is 19.8. The smallest absolute Gasteiger partial charge is 0.224 e. The van der Waals surface area contributed by atoms with Crippen molar-refractivity contribution >= 4 is 0 Å². The first-order valence-corrected chi connectivity index (χ1v) is 7.83. The fourth-order valence-electron chi connectivity index (χ4n) is 1.42. The van der Waals surface area contributed by atoms with E-state index in [4.69, 9.17) is 19.6 Å². The third-order valence-corrected chi connectivity index (χ3v) is 2.35. The fraction of sp³-hybridized carbons (Fsp3) is 1.00. The molecule has 4 heteroatoms. The molecule has 0 aliphatic rings. The molecule has 0 bridgehead atoms. The van der Waals surface area contributed by atoms with Gasteiger partial charge in [0, 0.05) is 6.42 Å². The highest BCUT2D eigenvalue weighted by Crippen LogP contribution is 2.17. The van der Waals surface area contributed by atoms with Gasteiger partial charge in [-0.05, 0) is 48.0 Å². The van der Waals surface area contributed by atoms with Crippen LogP contribution in [0.25, 0.3) is 0 Å². The van der Waals surface area contributed by atoms with E-state index >= 15 is 0 Å². The normalized spacial score (nSPS) is 13.2. The highest BCUT2D eigenvalue weighted by atomic mass is 17.3. The van der Waals surface area contributed by atoms with E-state index in [2.05, 4.69) is 6.92 Å². The molecular weight excluding hydrogens is 256 g/mol. The van der Waals surface area contributed by atoms with Crippen LogP contribution in [-0.2, 0) is 19.6 Å². The summed E-state index contributed by atoms with van der Waals surface area (Å²) >= 11 is 0. The molecule has 0 unspecified atom stereocenters. The van der Waals surface area contributed by atoms with Crippen molar-refractivity contribution in [3.8, 4) is 0 Å². The molecule has 0 aliphatic heterocycles. The van der Waals surface area contributed by atoms with Crippen LogP contribution in [0.5, 0.6) is 0 Å². The van der Waals surface area contributed by atoms with Crippen molar-refractivity contribution in [2.24, 2.45) is 0 Å². The van der Waals surface area contributed by atoms with Gasteiger partial charge in [0.25, 0.3) is 0 Å². The van der Waals surface area contributed by atoms with Gasteiger partial charge in [0.15, 0.2) is 0 Å². The lowest BCUT2D eigenvalue weighted by atomic mass is 10.1. The second-order valence-corrected chi connectivity index (χ2v) is 7.22. The molecule has 0 heterocycles. The molecule has 0 rings (SSSR count). The van der Waals surface area contributed by atoms with Crippen LogP contribution in [0.2, 0.25) is 0 Å². The third kappa shape index (κ3) is 14.3. The molecule has 0 radical (unpaired) electrons. The van der Waals surface area contributed by atoms with E-state index in [0.717, 1.165) is 12.8 Å². The summed E-state index contributed by atoms with van der Waals surface area (Å²) in [6.45, 7) is 13.9. The summed E-state index contributed by atoms with van der Waals surface area (Å²) in [6, 6.07) is 0. The van der Waals surface area contributed by atoms with E-state index in [1.54, 1.807) is 0 Å². The first-order valence-electron chi connectivity index (χ1n) is 7.83. The van der Waals surface area contributed by atoms with Gasteiger partial charge in [-0.15, -0.1) is 0 Å². The lowest BCUT2D eigenvalue weighted by Gasteiger charge is -2.25. The lowest BCUT2D eigenvalue weighted by molar-refractivity contribution is -0.497. The number of rotatable bonds is 10. The van der Waals surface area contributed by atoms with Crippen molar-refractivity contribution in [1.82, 2.24) is 0 Å². The standard InChI is InChI=1S/C16H34O4/c1-8-9-10-11-12-13-14(17-19-15(2,3)4)18-20-16(5,6)7/h14H,8-13H2,1-7H3. The van der Waals surface area contributed by atoms with Crippen LogP contribution in [0.3, 0.4) is 0 Å². The van der Waals surface area contributed by atoms with Crippen LogP contribution in [0.1, 0.15) is 87.0 Å². The Morgan fingerprint density at radius 2 is 1.15 bits per heavy atom. The van der Waals surface area contributed by atoms with Crippen molar-refractivity contribution in [3.05, 3.63) is 0 Å². The minimum absolute atomic E-state index is 0.356. The van der Waals surface area contributed by atoms with Crippen LogP contribution in [0, 0.1) is 0 Å². The maximum atomic E-state index is 5.36. The second kappa shape index (κ2) is 9.72. The summed E-state index contributed by atoms with van der Waals surface area (Å²) in [5.41, 5.74) is -0.711. The Morgan fingerprint density at radius 3 is 1.55 bits per heavy atom. The Bertz CT molecular complexity index is 210. The molecule has 4 nitrogen and oxygen atoms in total. The van der Waals surface area contributed by atoms with Gasteiger partial charge in [-0.25, -0.2) is 19.6 Å². The van der Waals surface area contributed by atoms with E-state index in [-0.39, 0.29) is 11.2 Å². The van der Waals surface area contributed by atoms with E-state index in [1.165, 1.54) is 25.7 Å². The van der Waals surface area contributed by atoms with Gasteiger partial charge in [-0.2, -0.15) is 0 Å². The summed E-state index contributed by atoms with van der Waals surface area (Å²) in [7, 11) is 0. The lowest BCUT2D eigenvalue weighted by Crippen LogP contribution is -2.29. The van der Waals surface area contributed by atoms with Gasteiger partial charge in [0.2, 0.25) is 6.29 Å². The summed E-state index contributed by atoms with van der Waals surface area (Å²) in [6.07, 6.45) is 6.31. The SMILES string of the molecule is CCCCCCCC(OOC(C)(C)C)OOC(C)(C)C. The van der Waals surface area contributed by atoms with Crippen LogP contribution in [0.15, 0.2) is 0 Å². The molecule has 0 atom stereocenters. The molecule has 0 amide bonds. The van der Waals surface area contributed by atoms with Crippen molar-refractivity contribution in [2.75, 3.05) is 0 Å². The van der Waals surface area contributed by atoms with Crippen LogP contribution < -0.4 is 0 Å². The zero-order chi connectivity index (χ0) is 15.6. The highest BCUT2D eigenvalue weighted by molar-refractivity contribution is 4.56. The molecule has 0 saturated heterocycles. The molecule has 0 aromatic rings. The minimum atomic E-state index is -0.477. The predicted molar refractivity (Wildman–Crippen MR) is 81.0 cm³/mol. The Hall–Kier alpha value is -0.160. The number of hydrogen-bond donors (Lipinski definition) is 0. The zero-order valence-electron chi connectivity index (χ0n) is 14.5. The van der Waals surface area contributed by atoms with E-state index in [0.29, 0.717) is 0 Å². The van der Waals surface area contributed by atoms with Crippen LogP contribution >= 0.6 is 0 Å². The maximum Gasteiger partial charge on any atom is 0.224 e. The molecule has 0 spiro atoms. The molecule has 122 valence electrons. The van der Waals surface area contributed by atoms with Gasteiger partial charge in [0.1, 0.15) is 0 Å². The maximum absolute atomic E-state index is 5.36. The average molecular weight is 290 g/mol. The molecule has 0 aromatic carbocycles. The summed E-state index contributed by atoms with van der Waals surface area (Å²) in [5.74, 6) is 0. The molecule has 0 fully saturated rings. The second-order valence-electron chi connectivity index (χ2n) is 7.22. The van der Waals surface area contributed by atoms with Gasteiger partial charge in [0.05, 0.1) is 11.2 Å². The van der Waals surface area contributed by atoms with Gasteiger partial charge in [-0.3, -0.25) is 0 Å². The Morgan fingerprint density at radius 1 is 0.700 bits per heavy atom. The van der Waals surface area contributed by atoms with Crippen molar-refractivity contribution in [1.29, 1.82) is 0 Å². The summed E-state index contributed by atoms with van der Waals surface area (Å²) < 4.78 is 0. The molecule has 0 N–H and O–H groups in total. The molecule has 0 aliphatic carbocycles. The van der Waals surface area contributed by atoms with Crippen molar-refractivity contribution < 1.29 is 19.6 Å². The summed E-state index contributed by atoms with van der Waals surface area (Å²) in [4.78, 5) is 21.4. The van der Waals surface area contributed by atoms with Crippen LogP contribution in [-0.4, -0.2) is 17.5 Å². The van der Waals surface area contributed by atoms with E-state index < -0.39 is 6.29 Å². The largest absolute Gasteiger partial charge is 0.228 e. The predicted octanol–water partition coefficient (Wildman–Crippen LogP) is 5.17. The topological polar surface area (TPSA) is 36.9 Å². The van der Waals surface area contributed by atoms with E-state index in [1.807, 2.05) is 41.5 Å². The van der Waals surface area contributed by atoms with Gasteiger partial charge < -0.3 is 0 Å². The molecule has 0 saturated carbocycles. The zero-order valence-corrected chi connectivity index (χ0v) is 14.5.